The highest BCUT2D eigenvalue weighted by molar-refractivity contribution is 7.13. The number of aromatic nitrogens is 3. The quantitative estimate of drug-likeness (QED) is 0.781. The van der Waals surface area contributed by atoms with E-state index in [1.54, 1.807) is 29.5 Å². The maximum absolute atomic E-state index is 13.4. The molecule has 2 N–H and O–H groups in total. The molecule has 4 nitrogen and oxygen atoms in total. The summed E-state index contributed by atoms with van der Waals surface area (Å²) < 4.78 is 15.0. The molecule has 3 rings (SSSR count). The van der Waals surface area contributed by atoms with Crippen LogP contribution in [0.25, 0.3) is 21.7 Å². The highest BCUT2D eigenvalue weighted by Crippen LogP contribution is 2.37. The Balaban J connectivity index is 2.26. The third kappa shape index (κ3) is 2.00. The number of benzene rings is 1. The van der Waals surface area contributed by atoms with Gasteiger partial charge < -0.3 is 5.73 Å². The molecular weight excluding hydrogens is 263 g/mol. The van der Waals surface area contributed by atoms with Crippen molar-refractivity contribution in [2.75, 3.05) is 5.73 Å². The Morgan fingerprint density at radius 3 is 2.89 bits per heavy atom. The average Bonchev–Trinajstić information content (AvgIpc) is 2.99. The molecule has 0 bridgehead atoms. The van der Waals surface area contributed by atoms with Crippen LogP contribution in [0.15, 0.2) is 36.0 Å². The molecule has 0 saturated heterocycles. The number of nitrogen functional groups attached to an aromatic ring is 1. The molecule has 2 heterocycles. The molecule has 6 heteroatoms. The second-order valence-corrected chi connectivity index (χ2v) is 4.99. The summed E-state index contributed by atoms with van der Waals surface area (Å²) in [5, 5.41) is 4.40. The maximum Gasteiger partial charge on any atom is 0.129 e. The highest BCUT2D eigenvalue weighted by Gasteiger charge is 2.18. The van der Waals surface area contributed by atoms with E-state index < -0.39 is 0 Å². The molecular formula is C13H11FN4S. The highest BCUT2D eigenvalue weighted by atomic mass is 32.1. The number of hydrogen-bond acceptors (Lipinski definition) is 4. The van der Waals surface area contributed by atoms with Crippen molar-refractivity contribution in [2.24, 2.45) is 7.05 Å². The topological polar surface area (TPSA) is 56.7 Å². The van der Waals surface area contributed by atoms with Crippen molar-refractivity contribution < 1.29 is 4.39 Å². The molecule has 0 unspecified atom stereocenters. The van der Waals surface area contributed by atoms with Crippen molar-refractivity contribution >= 4 is 17.2 Å². The summed E-state index contributed by atoms with van der Waals surface area (Å²) >= 11 is 1.47. The lowest BCUT2D eigenvalue weighted by Gasteiger charge is -2.03. The van der Waals surface area contributed by atoms with Crippen LogP contribution in [0.1, 0.15) is 0 Å². The lowest BCUT2D eigenvalue weighted by atomic mass is 10.0. The van der Waals surface area contributed by atoms with Gasteiger partial charge in [-0.1, -0.05) is 12.1 Å². The van der Waals surface area contributed by atoms with E-state index in [1.165, 1.54) is 23.5 Å². The summed E-state index contributed by atoms with van der Waals surface area (Å²) in [6, 6.07) is 6.34. The summed E-state index contributed by atoms with van der Waals surface area (Å²) in [6.45, 7) is 0. The standard InChI is InChI=1S/C13H11FN4S/c1-18-13(15)11(8-3-2-4-9(14)5-8)12(17-18)10-6-16-7-19-10/h2-7H,15H2,1H3. The summed E-state index contributed by atoms with van der Waals surface area (Å²) in [5.41, 5.74) is 9.97. The minimum Gasteiger partial charge on any atom is -0.383 e. The number of hydrogen-bond donors (Lipinski definition) is 1. The third-order valence-electron chi connectivity index (χ3n) is 2.87. The number of thiazole rings is 1. The molecule has 0 saturated carbocycles. The van der Waals surface area contributed by atoms with Crippen LogP contribution >= 0.6 is 11.3 Å². The lowest BCUT2D eigenvalue weighted by Crippen LogP contribution is -1.98. The maximum atomic E-state index is 13.4. The fourth-order valence-electron chi connectivity index (χ4n) is 1.97. The average molecular weight is 274 g/mol. The molecule has 0 aliphatic rings. The Morgan fingerprint density at radius 1 is 1.37 bits per heavy atom. The van der Waals surface area contributed by atoms with Gasteiger partial charge in [-0.3, -0.25) is 9.67 Å². The SMILES string of the molecule is Cn1nc(-c2cncs2)c(-c2cccc(F)c2)c1N. The Kier molecular flexibility index (Phi) is 2.79. The fraction of sp³-hybridized carbons (Fsp3) is 0.0769. The van der Waals surface area contributed by atoms with Gasteiger partial charge in [0.25, 0.3) is 0 Å². The second-order valence-electron chi connectivity index (χ2n) is 4.11. The largest absolute Gasteiger partial charge is 0.383 e. The molecule has 0 spiro atoms. The first-order valence-electron chi connectivity index (χ1n) is 5.64. The van der Waals surface area contributed by atoms with Crippen LogP contribution in [0.3, 0.4) is 0 Å². The molecule has 0 amide bonds. The van der Waals surface area contributed by atoms with Crippen molar-refractivity contribution in [2.45, 2.75) is 0 Å². The predicted molar refractivity (Wildman–Crippen MR) is 74.1 cm³/mol. The molecule has 0 atom stereocenters. The van der Waals surface area contributed by atoms with E-state index in [2.05, 4.69) is 10.1 Å². The van der Waals surface area contributed by atoms with Crippen LogP contribution in [0.2, 0.25) is 0 Å². The molecule has 0 aliphatic carbocycles. The first-order chi connectivity index (χ1) is 9.16. The number of rotatable bonds is 2. The molecule has 0 aliphatic heterocycles. The Bertz CT molecular complexity index is 718. The van der Waals surface area contributed by atoms with Gasteiger partial charge in [0.15, 0.2) is 0 Å². The zero-order valence-corrected chi connectivity index (χ0v) is 11.0. The van der Waals surface area contributed by atoms with Gasteiger partial charge in [0.05, 0.1) is 16.0 Å². The van der Waals surface area contributed by atoms with Gasteiger partial charge in [0.2, 0.25) is 0 Å². The first kappa shape index (κ1) is 11.9. The monoisotopic (exact) mass is 274 g/mol. The van der Waals surface area contributed by atoms with Crippen molar-refractivity contribution in [3.63, 3.8) is 0 Å². The van der Waals surface area contributed by atoms with Gasteiger partial charge >= 0.3 is 0 Å². The minimum atomic E-state index is -0.295. The molecule has 1 aromatic carbocycles. The van der Waals surface area contributed by atoms with Crippen LogP contribution in [-0.2, 0) is 7.05 Å². The van der Waals surface area contributed by atoms with Gasteiger partial charge in [0.1, 0.15) is 17.3 Å². The van der Waals surface area contributed by atoms with Gasteiger partial charge in [-0.25, -0.2) is 4.39 Å². The number of anilines is 1. The number of aryl methyl sites for hydroxylation is 1. The van der Waals surface area contributed by atoms with Crippen molar-refractivity contribution in [1.82, 2.24) is 14.8 Å². The van der Waals surface area contributed by atoms with Crippen molar-refractivity contribution in [3.05, 3.63) is 41.8 Å². The lowest BCUT2D eigenvalue weighted by molar-refractivity contribution is 0.628. The van der Waals surface area contributed by atoms with Gasteiger partial charge in [-0.05, 0) is 17.7 Å². The normalized spacial score (nSPS) is 10.8. The Labute approximate surface area is 113 Å². The number of nitrogens with two attached hydrogens (primary N) is 1. The Hall–Kier alpha value is -2.21. The molecule has 0 fully saturated rings. The van der Waals surface area contributed by atoms with E-state index in [-0.39, 0.29) is 5.82 Å². The van der Waals surface area contributed by atoms with Crippen LogP contribution < -0.4 is 5.73 Å². The zero-order valence-electron chi connectivity index (χ0n) is 10.2. The van der Waals surface area contributed by atoms with Crippen LogP contribution in [0.5, 0.6) is 0 Å². The van der Waals surface area contributed by atoms with Crippen molar-refractivity contribution in [3.8, 4) is 21.7 Å². The minimum absolute atomic E-state index is 0.295. The molecule has 0 radical (unpaired) electrons. The third-order valence-corrected chi connectivity index (χ3v) is 3.65. The van der Waals surface area contributed by atoms with Crippen LogP contribution in [0.4, 0.5) is 10.2 Å². The first-order valence-corrected chi connectivity index (χ1v) is 6.52. The molecule has 19 heavy (non-hydrogen) atoms. The Morgan fingerprint density at radius 2 is 2.21 bits per heavy atom. The molecule has 96 valence electrons. The van der Waals surface area contributed by atoms with E-state index in [9.17, 15) is 4.39 Å². The van der Waals surface area contributed by atoms with Gasteiger partial charge in [-0.2, -0.15) is 5.10 Å². The summed E-state index contributed by atoms with van der Waals surface area (Å²) in [4.78, 5) is 4.95. The van der Waals surface area contributed by atoms with E-state index >= 15 is 0 Å². The fourth-order valence-corrected chi connectivity index (χ4v) is 2.58. The van der Waals surface area contributed by atoms with Crippen LogP contribution in [-0.4, -0.2) is 14.8 Å². The smallest absolute Gasteiger partial charge is 0.129 e. The van der Waals surface area contributed by atoms with Crippen molar-refractivity contribution in [1.29, 1.82) is 0 Å². The molecule has 2 aromatic heterocycles. The van der Waals surface area contributed by atoms with E-state index in [0.29, 0.717) is 11.4 Å². The van der Waals surface area contributed by atoms with E-state index in [1.807, 2.05) is 6.07 Å². The predicted octanol–water partition coefficient (Wildman–Crippen LogP) is 2.93. The second kappa shape index (κ2) is 4.47. The number of nitrogens with zero attached hydrogens (tertiary/aromatic N) is 3. The van der Waals surface area contributed by atoms with E-state index in [0.717, 1.165) is 16.1 Å². The summed E-state index contributed by atoms with van der Waals surface area (Å²) in [5.74, 6) is 0.213. The summed E-state index contributed by atoms with van der Waals surface area (Å²) in [7, 11) is 1.77. The van der Waals surface area contributed by atoms with E-state index in [4.69, 9.17) is 5.73 Å². The zero-order chi connectivity index (χ0) is 13.4. The summed E-state index contributed by atoms with van der Waals surface area (Å²) in [6.07, 6.45) is 1.73. The molecule has 3 aromatic rings. The van der Waals surface area contributed by atoms with Crippen LogP contribution in [0, 0.1) is 5.82 Å². The van der Waals surface area contributed by atoms with Gasteiger partial charge in [0, 0.05) is 13.2 Å². The number of halogens is 1. The van der Waals surface area contributed by atoms with Gasteiger partial charge in [-0.15, -0.1) is 11.3 Å².